The van der Waals surface area contributed by atoms with Crippen molar-refractivity contribution in [1.82, 2.24) is 0 Å². The maximum atomic E-state index is 12.6. The van der Waals surface area contributed by atoms with Crippen LogP contribution in [0.15, 0.2) is 23.1 Å². The Hall–Kier alpha value is -2.10. The Balaban J connectivity index is 2.55. The van der Waals surface area contributed by atoms with E-state index in [0.29, 0.717) is 10.4 Å². The number of hydrogen-bond acceptors (Lipinski definition) is 5. The van der Waals surface area contributed by atoms with Gasteiger partial charge < -0.3 is 10.8 Å². The summed E-state index contributed by atoms with van der Waals surface area (Å²) in [4.78, 5) is 22.9. The van der Waals surface area contributed by atoms with Crippen molar-refractivity contribution in [1.29, 1.82) is 0 Å². The number of primary amides is 1. The molecule has 10 heteroatoms. The van der Waals surface area contributed by atoms with Crippen molar-refractivity contribution in [3.8, 4) is 0 Å². The van der Waals surface area contributed by atoms with Crippen molar-refractivity contribution in [3.05, 3.63) is 44.1 Å². The van der Waals surface area contributed by atoms with Gasteiger partial charge in [-0.25, -0.2) is 13.2 Å². The number of sulfonamides is 1. The summed E-state index contributed by atoms with van der Waals surface area (Å²) in [5.41, 5.74) is 5.11. The number of thiophene rings is 1. The molecular formula is C14H13ClN2O5S2. The second kappa shape index (κ2) is 6.42. The normalized spacial score (nSPS) is 11.3. The molecule has 0 atom stereocenters. The van der Waals surface area contributed by atoms with Crippen LogP contribution in [0.2, 0.25) is 5.02 Å². The molecule has 2 aromatic rings. The average Bonchev–Trinajstić information content (AvgIpc) is 2.79. The third kappa shape index (κ3) is 3.53. The average molecular weight is 389 g/mol. The van der Waals surface area contributed by atoms with Crippen molar-refractivity contribution >= 4 is 50.5 Å². The van der Waals surface area contributed by atoms with E-state index in [1.54, 1.807) is 0 Å². The quantitative estimate of drug-likeness (QED) is 0.725. The minimum Gasteiger partial charge on any atom is -0.478 e. The van der Waals surface area contributed by atoms with E-state index >= 15 is 0 Å². The summed E-state index contributed by atoms with van der Waals surface area (Å²) in [6.45, 7) is 3.03. The molecule has 4 N–H and O–H groups in total. The van der Waals surface area contributed by atoms with Gasteiger partial charge in [-0.1, -0.05) is 11.6 Å². The molecule has 1 aromatic carbocycles. The lowest BCUT2D eigenvalue weighted by molar-refractivity contribution is 0.0697. The summed E-state index contributed by atoms with van der Waals surface area (Å²) in [5, 5.41) is 9.49. The molecule has 2 rings (SSSR count). The first-order chi connectivity index (χ1) is 11.0. The first-order valence-electron chi connectivity index (χ1n) is 6.49. The molecule has 24 heavy (non-hydrogen) atoms. The van der Waals surface area contributed by atoms with Crippen LogP contribution in [-0.2, 0) is 10.0 Å². The number of carboxylic acids is 1. The van der Waals surface area contributed by atoms with Gasteiger partial charge in [-0.05, 0) is 37.6 Å². The van der Waals surface area contributed by atoms with Crippen LogP contribution in [0, 0.1) is 13.8 Å². The zero-order valence-corrected chi connectivity index (χ0v) is 15.0. The smallest absolute Gasteiger partial charge is 0.338 e. The number of hydrogen-bond donors (Lipinski definition) is 3. The van der Waals surface area contributed by atoms with Crippen LogP contribution >= 0.6 is 22.9 Å². The molecule has 0 aliphatic carbocycles. The molecule has 0 saturated carbocycles. The first-order valence-corrected chi connectivity index (χ1v) is 9.17. The third-order valence-corrected chi connectivity index (χ3v) is 6.07. The molecule has 1 heterocycles. The third-order valence-electron chi connectivity index (χ3n) is 3.16. The highest BCUT2D eigenvalue weighted by atomic mass is 35.5. The van der Waals surface area contributed by atoms with E-state index in [2.05, 4.69) is 4.72 Å². The van der Waals surface area contributed by atoms with Gasteiger partial charge in [-0.2, -0.15) is 0 Å². The highest BCUT2D eigenvalue weighted by molar-refractivity contribution is 7.93. The van der Waals surface area contributed by atoms with Gasteiger partial charge in [0.2, 0.25) is 0 Å². The largest absolute Gasteiger partial charge is 0.478 e. The maximum absolute atomic E-state index is 12.6. The second-order valence-corrected chi connectivity index (χ2v) is 8.29. The van der Waals surface area contributed by atoms with E-state index in [0.717, 1.165) is 17.4 Å². The standard InChI is InChI=1S/C14H13ClN2O5S2/c1-6-3-8(15)4-9(12(6)14(19)20)17-24(21,22)11-5-10(13(16)18)23-7(11)2/h3-5,17H,1-2H3,(H2,16,18)(H,19,20). The number of benzene rings is 1. The van der Waals surface area contributed by atoms with Crippen molar-refractivity contribution in [3.63, 3.8) is 0 Å². The van der Waals surface area contributed by atoms with Crippen LogP contribution in [0.4, 0.5) is 5.69 Å². The molecule has 1 amide bonds. The van der Waals surface area contributed by atoms with Crippen LogP contribution in [0.5, 0.6) is 0 Å². The summed E-state index contributed by atoms with van der Waals surface area (Å²) >= 11 is 6.83. The maximum Gasteiger partial charge on any atom is 0.338 e. The fourth-order valence-electron chi connectivity index (χ4n) is 2.16. The van der Waals surface area contributed by atoms with Gasteiger partial charge in [0.25, 0.3) is 15.9 Å². The number of nitrogens with two attached hydrogens (primary N) is 1. The van der Waals surface area contributed by atoms with E-state index in [4.69, 9.17) is 17.3 Å². The first kappa shape index (κ1) is 18.2. The fraction of sp³-hybridized carbons (Fsp3) is 0.143. The van der Waals surface area contributed by atoms with Crippen LogP contribution in [0.3, 0.4) is 0 Å². The molecule has 7 nitrogen and oxygen atoms in total. The number of carbonyl (C=O) groups is 2. The highest BCUT2D eigenvalue weighted by Gasteiger charge is 2.24. The molecule has 0 bridgehead atoms. The minimum absolute atomic E-state index is 0.0913. The Kier molecular flexibility index (Phi) is 4.88. The second-order valence-electron chi connectivity index (χ2n) is 4.95. The number of carbonyl (C=O) groups excluding carboxylic acids is 1. The lowest BCUT2D eigenvalue weighted by Gasteiger charge is -2.13. The van der Waals surface area contributed by atoms with Gasteiger partial charge in [0.05, 0.1) is 16.1 Å². The lowest BCUT2D eigenvalue weighted by atomic mass is 10.1. The minimum atomic E-state index is -4.12. The predicted molar refractivity (Wildman–Crippen MR) is 91.5 cm³/mol. The van der Waals surface area contributed by atoms with Crippen molar-refractivity contribution < 1.29 is 23.1 Å². The zero-order chi connectivity index (χ0) is 18.2. The SMILES string of the molecule is Cc1cc(Cl)cc(NS(=O)(=O)c2cc(C(N)=O)sc2C)c1C(=O)O. The molecular weight excluding hydrogens is 376 g/mol. The van der Waals surface area contributed by atoms with E-state index in [-0.39, 0.29) is 26.0 Å². The van der Waals surface area contributed by atoms with E-state index in [9.17, 15) is 23.1 Å². The molecule has 0 radical (unpaired) electrons. The molecule has 0 fully saturated rings. The number of halogens is 1. The van der Waals surface area contributed by atoms with Gasteiger partial charge in [0.1, 0.15) is 4.90 Å². The Morgan fingerprint density at radius 1 is 1.25 bits per heavy atom. The summed E-state index contributed by atoms with van der Waals surface area (Å²) in [6, 6.07) is 3.79. The Labute approximate surface area is 147 Å². The van der Waals surface area contributed by atoms with Crippen LogP contribution in [-0.4, -0.2) is 25.4 Å². The number of rotatable bonds is 5. The summed E-state index contributed by atoms with van der Waals surface area (Å²) < 4.78 is 27.3. The highest BCUT2D eigenvalue weighted by Crippen LogP contribution is 2.30. The molecule has 0 spiro atoms. The van der Waals surface area contributed by atoms with E-state index in [1.807, 2.05) is 0 Å². The summed E-state index contributed by atoms with van der Waals surface area (Å²) in [7, 11) is -4.12. The van der Waals surface area contributed by atoms with Gasteiger partial charge in [0, 0.05) is 9.90 Å². The van der Waals surface area contributed by atoms with Crippen molar-refractivity contribution in [2.24, 2.45) is 5.73 Å². The Morgan fingerprint density at radius 3 is 2.38 bits per heavy atom. The number of amides is 1. The monoisotopic (exact) mass is 388 g/mol. The van der Waals surface area contributed by atoms with E-state index in [1.165, 1.54) is 26.0 Å². The summed E-state index contributed by atoms with van der Waals surface area (Å²) in [6.07, 6.45) is 0. The van der Waals surface area contributed by atoms with Crippen molar-refractivity contribution in [2.75, 3.05) is 4.72 Å². The lowest BCUT2D eigenvalue weighted by Crippen LogP contribution is -2.17. The Bertz CT molecular complexity index is 950. The molecule has 0 aliphatic heterocycles. The molecule has 128 valence electrons. The van der Waals surface area contributed by atoms with Gasteiger partial charge >= 0.3 is 5.97 Å². The van der Waals surface area contributed by atoms with Crippen molar-refractivity contribution in [2.45, 2.75) is 18.7 Å². The van der Waals surface area contributed by atoms with Crippen LogP contribution in [0.25, 0.3) is 0 Å². The van der Waals surface area contributed by atoms with Crippen LogP contribution < -0.4 is 10.5 Å². The van der Waals surface area contributed by atoms with Gasteiger partial charge in [-0.3, -0.25) is 9.52 Å². The number of nitrogens with one attached hydrogen (secondary N) is 1. The Morgan fingerprint density at radius 2 is 1.88 bits per heavy atom. The van der Waals surface area contributed by atoms with Gasteiger partial charge in [0.15, 0.2) is 0 Å². The van der Waals surface area contributed by atoms with Crippen LogP contribution in [0.1, 0.15) is 30.5 Å². The number of aromatic carboxylic acids is 1. The zero-order valence-electron chi connectivity index (χ0n) is 12.6. The molecule has 1 aromatic heterocycles. The predicted octanol–water partition coefficient (Wildman–Crippen LogP) is 2.62. The fourth-order valence-corrected chi connectivity index (χ4v) is 4.94. The van der Waals surface area contributed by atoms with E-state index < -0.39 is 21.9 Å². The molecule has 0 aliphatic rings. The molecule has 0 unspecified atom stereocenters. The topological polar surface area (TPSA) is 127 Å². The molecule has 0 saturated heterocycles. The summed E-state index contributed by atoms with van der Waals surface area (Å²) in [5.74, 6) is -2.03. The number of carboxylic acid groups (broad SMARTS) is 1. The number of aryl methyl sites for hydroxylation is 2. The van der Waals surface area contributed by atoms with Gasteiger partial charge in [-0.15, -0.1) is 11.3 Å². The number of anilines is 1.